The van der Waals surface area contributed by atoms with Crippen LogP contribution in [0, 0.1) is 5.92 Å². The molecule has 2 aliphatic rings. The summed E-state index contributed by atoms with van der Waals surface area (Å²) in [6.07, 6.45) is 0.259. The van der Waals surface area contributed by atoms with Gasteiger partial charge in [0.1, 0.15) is 4.33 Å². The molecule has 0 radical (unpaired) electrons. The van der Waals surface area contributed by atoms with Crippen LogP contribution in [0.4, 0.5) is 0 Å². The third kappa shape index (κ3) is 2.53. The number of hydrogen-bond acceptors (Lipinski definition) is 4. The number of ether oxygens (including phenoxy) is 1. The van der Waals surface area contributed by atoms with Gasteiger partial charge in [0.05, 0.1) is 24.0 Å². The summed E-state index contributed by atoms with van der Waals surface area (Å²) in [5, 5.41) is 0. The molecule has 5 nitrogen and oxygen atoms in total. The van der Waals surface area contributed by atoms with E-state index in [0.29, 0.717) is 13.2 Å². The van der Waals surface area contributed by atoms with Gasteiger partial charge in [0, 0.05) is 0 Å². The van der Waals surface area contributed by atoms with Crippen LogP contribution < -0.4 is 4.72 Å². The molecule has 8 heteroatoms. The lowest BCUT2D eigenvalue weighted by atomic mass is 10.1. The Morgan fingerprint density at radius 1 is 1.30 bits per heavy atom. The highest BCUT2D eigenvalue weighted by Gasteiger charge is 2.57. The van der Waals surface area contributed by atoms with Gasteiger partial charge in [0.25, 0.3) is 10.0 Å². The maximum absolute atomic E-state index is 12.1. The lowest BCUT2D eigenvalue weighted by Gasteiger charge is -2.08. The first kappa shape index (κ1) is 14.1. The summed E-state index contributed by atoms with van der Waals surface area (Å²) in [4.78, 5) is 11.8. The van der Waals surface area contributed by atoms with Gasteiger partial charge in [-0.15, -0.1) is 23.2 Å². The van der Waals surface area contributed by atoms with Crippen molar-refractivity contribution in [2.45, 2.75) is 28.9 Å². The largest absolute Gasteiger partial charge is 0.372 e. The van der Waals surface area contributed by atoms with E-state index in [9.17, 15) is 13.2 Å². The van der Waals surface area contributed by atoms with E-state index in [2.05, 4.69) is 0 Å². The molecule has 0 bridgehead atoms. The number of hydrogen-bond donors (Lipinski definition) is 1. The molecule has 1 aromatic rings. The molecule has 20 heavy (non-hydrogen) atoms. The summed E-state index contributed by atoms with van der Waals surface area (Å²) >= 11 is 11.5. The number of nitrogens with one attached hydrogen (secondary N) is 1. The molecule has 108 valence electrons. The summed E-state index contributed by atoms with van der Waals surface area (Å²) in [6.45, 7) is 0.854. The van der Waals surface area contributed by atoms with E-state index in [4.69, 9.17) is 27.9 Å². The van der Waals surface area contributed by atoms with E-state index >= 15 is 0 Å². The molecule has 3 rings (SSSR count). The first-order chi connectivity index (χ1) is 9.29. The molecule has 0 spiro atoms. The monoisotopic (exact) mass is 335 g/mol. The smallest absolute Gasteiger partial charge is 0.264 e. The van der Waals surface area contributed by atoms with Crippen LogP contribution in [0.25, 0.3) is 0 Å². The predicted octanol–water partition coefficient (Wildman–Crippen LogP) is 1.72. The molecule has 0 aromatic heterocycles. The fraction of sp³-hybridized carbons (Fsp3) is 0.417. The maximum Gasteiger partial charge on any atom is 0.264 e. The van der Waals surface area contributed by atoms with Crippen molar-refractivity contribution in [3.05, 3.63) is 29.3 Å². The fourth-order valence-electron chi connectivity index (χ4n) is 2.08. The summed E-state index contributed by atoms with van der Waals surface area (Å²) in [6, 6.07) is 4.65. The number of amides is 1. The molecule has 1 atom stereocenters. The molecule has 1 aliphatic carbocycles. The molecule has 0 saturated heterocycles. The average molecular weight is 336 g/mol. The summed E-state index contributed by atoms with van der Waals surface area (Å²) < 4.78 is 30.3. The average Bonchev–Trinajstić information content (AvgIpc) is 2.82. The van der Waals surface area contributed by atoms with Crippen molar-refractivity contribution >= 4 is 39.1 Å². The number of benzene rings is 1. The first-order valence-corrected chi connectivity index (χ1v) is 8.17. The van der Waals surface area contributed by atoms with E-state index < -0.39 is 26.2 Å². The SMILES string of the molecule is O=C(NS(=O)(=O)c1ccc2c(c1)COC2)C1CC1(Cl)Cl. The second kappa shape index (κ2) is 4.59. The molecular formula is C12H11Cl2NO4S. The van der Waals surface area contributed by atoms with Gasteiger partial charge in [0.2, 0.25) is 5.91 Å². The third-order valence-electron chi connectivity index (χ3n) is 3.38. The molecule has 1 aromatic carbocycles. The van der Waals surface area contributed by atoms with Crippen LogP contribution >= 0.6 is 23.2 Å². The molecule has 1 aliphatic heterocycles. The van der Waals surface area contributed by atoms with Crippen molar-refractivity contribution in [1.29, 1.82) is 0 Å². The lowest BCUT2D eigenvalue weighted by Crippen LogP contribution is -2.33. The molecule has 1 heterocycles. The van der Waals surface area contributed by atoms with Crippen LogP contribution in [-0.4, -0.2) is 18.7 Å². The zero-order valence-corrected chi connectivity index (χ0v) is 12.6. The number of sulfonamides is 1. The van der Waals surface area contributed by atoms with Gasteiger partial charge >= 0.3 is 0 Å². The Labute approximate surface area is 126 Å². The van der Waals surface area contributed by atoms with Gasteiger partial charge in [0.15, 0.2) is 0 Å². The molecule has 1 N–H and O–H groups in total. The van der Waals surface area contributed by atoms with E-state index in [1.165, 1.54) is 12.1 Å². The highest BCUT2D eigenvalue weighted by atomic mass is 35.5. The van der Waals surface area contributed by atoms with Gasteiger partial charge in [-0.2, -0.15) is 0 Å². The Balaban J connectivity index is 1.80. The van der Waals surface area contributed by atoms with Gasteiger partial charge in [-0.3, -0.25) is 4.79 Å². The van der Waals surface area contributed by atoms with Gasteiger partial charge in [-0.1, -0.05) is 6.07 Å². The molecule has 1 unspecified atom stereocenters. The highest BCUT2D eigenvalue weighted by molar-refractivity contribution is 7.90. The first-order valence-electron chi connectivity index (χ1n) is 5.94. The van der Waals surface area contributed by atoms with E-state index in [0.717, 1.165) is 11.1 Å². The van der Waals surface area contributed by atoms with Crippen molar-refractivity contribution in [3.8, 4) is 0 Å². The number of fused-ring (bicyclic) bond motifs is 1. The molecule has 1 saturated carbocycles. The van der Waals surface area contributed by atoms with Gasteiger partial charge in [-0.05, 0) is 29.7 Å². The van der Waals surface area contributed by atoms with Gasteiger partial charge < -0.3 is 4.74 Å². The number of halogens is 2. The van der Waals surface area contributed by atoms with Crippen molar-refractivity contribution < 1.29 is 17.9 Å². The number of rotatable bonds is 3. The second-order valence-electron chi connectivity index (χ2n) is 4.91. The normalized spacial score (nSPS) is 23.2. The molecular weight excluding hydrogens is 325 g/mol. The van der Waals surface area contributed by atoms with Crippen molar-refractivity contribution in [3.63, 3.8) is 0 Å². The Morgan fingerprint density at radius 3 is 2.60 bits per heavy atom. The topological polar surface area (TPSA) is 72.5 Å². The minimum absolute atomic E-state index is 0.0329. The quantitative estimate of drug-likeness (QED) is 0.853. The maximum atomic E-state index is 12.1. The summed E-state index contributed by atoms with van der Waals surface area (Å²) in [5.41, 5.74) is 1.77. The highest BCUT2D eigenvalue weighted by Crippen LogP contribution is 2.53. The minimum atomic E-state index is -3.91. The van der Waals surface area contributed by atoms with E-state index in [1.54, 1.807) is 6.07 Å². The Kier molecular flexibility index (Phi) is 3.25. The Hall–Kier alpha value is -0.820. The Bertz CT molecular complexity index is 687. The zero-order valence-electron chi connectivity index (χ0n) is 10.2. The van der Waals surface area contributed by atoms with Crippen molar-refractivity contribution in [2.75, 3.05) is 0 Å². The van der Waals surface area contributed by atoms with Crippen molar-refractivity contribution in [1.82, 2.24) is 4.72 Å². The summed E-state index contributed by atoms with van der Waals surface area (Å²) in [5.74, 6) is -1.36. The van der Waals surface area contributed by atoms with Crippen LogP contribution in [0.3, 0.4) is 0 Å². The van der Waals surface area contributed by atoms with Crippen LogP contribution in [0.1, 0.15) is 17.5 Å². The zero-order chi connectivity index (χ0) is 14.5. The molecule has 1 fully saturated rings. The number of carbonyl (C=O) groups is 1. The second-order valence-corrected chi connectivity index (χ2v) is 8.14. The Morgan fingerprint density at radius 2 is 1.95 bits per heavy atom. The lowest BCUT2D eigenvalue weighted by molar-refractivity contribution is -0.120. The van der Waals surface area contributed by atoms with Gasteiger partial charge in [-0.25, -0.2) is 13.1 Å². The fourth-order valence-corrected chi connectivity index (χ4v) is 3.65. The van der Waals surface area contributed by atoms with Crippen LogP contribution in [0.5, 0.6) is 0 Å². The minimum Gasteiger partial charge on any atom is -0.372 e. The van der Waals surface area contributed by atoms with E-state index in [1.807, 2.05) is 4.72 Å². The van der Waals surface area contributed by atoms with Crippen LogP contribution in [0.15, 0.2) is 23.1 Å². The van der Waals surface area contributed by atoms with Crippen LogP contribution in [-0.2, 0) is 32.8 Å². The standard InChI is InChI=1S/C12H11Cl2NO4S/c13-12(14)4-10(12)11(16)15-20(17,18)9-2-1-7-5-19-6-8(7)3-9/h1-3,10H,4-6H2,(H,15,16). The van der Waals surface area contributed by atoms with Crippen LogP contribution in [0.2, 0.25) is 0 Å². The third-order valence-corrected chi connectivity index (χ3v) is 5.56. The van der Waals surface area contributed by atoms with Crippen molar-refractivity contribution in [2.24, 2.45) is 5.92 Å². The predicted molar refractivity (Wildman–Crippen MR) is 72.8 cm³/mol. The number of carbonyl (C=O) groups excluding carboxylic acids is 1. The molecule has 1 amide bonds. The summed E-state index contributed by atoms with van der Waals surface area (Å²) in [7, 11) is -3.91. The number of alkyl halides is 2. The van der Waals surface area contributed by atoms with E-state index in [-0.39, 0.29) is 11.3 Å².